The fourth-order valence-electron chi connectivity index (χ4n) is 4.68. The largest absolute Gasteiger partial charge is 0.353 e. The normalized spacial score (nSPS) is 15.0. The van der Waals surface area contributed by atoms with Gasteiger partial charge in [-0.15, -0.1) is 0 Å². The van der Waals surface area contributed by atoms with Gasteiger partial charge in [-0.2, -0.15) is 0 Å². The number of aryl methyl sites for hydroxylation is 1. The minimum Gasteiger partial charge on any atom is -0.353 e. The highest BCUT2D eigenvalue weighted by atomic mass is 35.5. The predicted octanol–water partition coefficient (Wildman–Crippen LogP) is 5.65. The number of halogens is 2. The number of benzene rings is 2. The van der Waals surface area contributed by atoms with Crippen molar-refractivity contribution in [3.05, 3.63) is 91.7 Å². The first kappa shape index (κ1) is 26.0. The fraction of sp³-hybridized carbons (Fsp3) is 0.286. The molecule has 2 N–H and O–H groups in total. The Kier molecular flexibility index (Phi) is 7.03. The van der Waals surface area contributed by atoms with Gasteiger partial charge in [-0.1, -0.05) is 35.3 Å². The van der Waals surface area contributed by atoms with Crippen LogP contribution in [0.3, 0.4) is 0 Å². The smallest absolute Gasteiger partial charge is 0.263 e. The quantitative estimate of drug-likeness (QED) is 0.335. The van der Waals surface area contributed by atoms with Crippen LogP contribution >= 0.6 is 23.2 Å². The van der Waals surface area contributed by atoms with E-state index in [4.69, 9.17) is 28.2 Å². The average Bonchev–Trinajstić information content (AvgIpc) is 3.32. The van der Waals surface area contributed by atoms with E-state index in [2.05, 4.69) is 15.3 Å². The molecule has 0 saturated heterocycles. The summed E-state index contributed by atoms with van der Waals surface area (Å²) in [4.78, 5) is 41.3. The molecular formula is C28H28Cl2N6O2. The van der Waals surface area contributed by atoms with Crippen LogP contribution in [0.1, 0.15) is 48.2 Å². The zero-order valence-corrected chi connectivity index (χ0v) is 23.1. The summed E-state index contributed by atoms with van der Waals surface area (Å²) in [5.74, 6) is 1.09. The average molecular weight is 551 g/mol. The van der Waals surface area contributed by atoms with Crippen LogP contribution in [-0.2, 0) is 13.0 Å². The monoisotopic (exact) mass is 550 g/mol. The first-order valence-electron chi connectivity index (χ1n) is 12.4. The van der Waals surface area contributed by atoms with Gasteiger partial charge in [0.15, 0.2) is 0 Å². The van der Waals surface area contributed by atoms with Crippen LogP contribution in [0.15, 0.2) is 53.5 Å². The standard InChI is InChI=1S/C28H28Cl2N6O2/c1-15(2)32-28-34-25-14-35(26(37)19-7-10-22(29)23(30)12-19)16(3)11-21(25)27(38)36(28)20-8-5-18(6-9-20)24-13-31-17(4)33-24/h5-10,12-13,15-16H,11,14H2,1-4H3,(H,31,33)(H,32,34)/t16-/m1/s1. The topological polar surface area (TPSA) is 95.9 Å². The molecular weight excluding hydrogens is 523 g/mol. The Hall–Kier alpha value is -3.62. The molecule has 0 fully saturated rings. The number of hydrogen-bond acceptors (Lipinski definition) is 5. The number of carbonyl (C=O) groups is 1. The molecule has 1 atom stereocenters. The maximum atomic E-state index is 13.9. The van der Waals surface area contributed by atoms with Crippen molar-refractivity contribution >= 4 is 35.1 Å². The Morgan fingerprint density at radius 3 is 2.50 bits per heavy atom. The molecule has 0 spiro atoms. The van der Waals surface area contributed by atoms with Gasteiger partial charge in [0, 0.05) is 23.2 Å². The number of imidazole rings is 1. The van der Waals surface area contributed by atoms with Gasteiger partial charge in [0.25, 0.3) is 11.5 Å². The van der Waals surface area contributed by atoms with Gasteiger partial charge < -0.3 is 15.2 Å². The highest BCUT2D eigenvalue weighted by molar-refractivity contribution is 6.42. The van der Waals surface area contributed by atoms with E-state index in [0.29, 0.717) is 44.9 Å². The number of fused-ring (bicyclic) bond motifs is 1. The van der Waals surface area contributed by atoms with Crippen molar-refractivity contribution < 1.29 is 4.79 Å². The van der Waals surface area contributed by atoms with Gasteiger partial charge in [-0.25, -0.2) is 14.5 Å². The second-order valence-electron chi connectivity index (χ2n) is 9.84. The van der Waals surface area contributed by atoms with Crippen LogP contribution in [0, 0.1) is 6.92 Å². The first-order chi connectivity index (χ1) is 18.1. The summed E-state index contributed by atoms with van der Waals surface area (Å²) in [5, 5.41) is 4.02. The lowest BCUT2D eigenvalue weighted by Gasteiger charge is -2.34. The third-order valence-electron chi connectivity index (χ3n) is 6.60. The summed E-state index contributed by atoms with van der Waals surface area (Å²) in [6.07, 6.45) is 2.18. The van der Waals surface area contributed by atoms with Gasteiger partial charge in [0.1, 0.15) is 5.82 Å². The summed E-state index contributed by atoms with van der Waals surface area (Å²) in [5.41, 5.74) is 4.08. The molecule has 0 aliphatic carbocycles. The summed E-state index contributed by atoms with van der Waals surface area (Å²) in [6, 6.07) is 12.4. The van der Waals surface area contributed by atoms with E-state index in [9.17, 15) is 9.59 Å². The second-order valence-corrected chi connectivity index (χ2v) is 10.7. The van der Waals surface area contributed by atoms with Crippen molar-refractivity contribution in [2.75, 3.05) is 5.32 Å². The number of nitrogens with one attached hydrogen (secondary N) is 2. The van der Waals surface area contributed by atoms with Crippen molar-refractivity contribution in [3.8, 4) is 16.9 Å². The number of aromatic amines is 1. The van der Waals surface area contributed by atoms with Crippen molar-refractivity contribution in [3.63, 3.8) is 0 Å². The molecule has 3 heterocycles. The lowest BCUT2D eigenvalue weighted by Crippen LogP contribution is -2.46. The lowest BCUT2D eigenvalue weighted by atomic mass is 9.98. The number of carbonyl (C=O) groups excluding carboxylic acids is 1. The van der Waals surface area contributed by atoms with Crippen molar-refractivity contribution in [2.24, 2.45) is 0 Å². The number of hydrogen-bond donors (Lipinski definition) is 2. The van der Waals surface area contributed by atoms with Gasteiger partial charge >= 0.3 is 0 Å². The summed E-state index contributed by atoms with van der Waals surface area (Å²) < 4.78 is 1.62. The van der Waals surface area contributed by atoms with E-state index in [0.717, 1.165) is 17.1 Å². The predicted molar refractivity (Wildman–Crippen MR) is 150 cm³/mol. The third-order valence-corrected chi connectivity index (χ3v) is 7.34. The van der Waals surface area contributed by atoms with Crippen LogP contribution in [0.25, 0.3) is 16.9 Å². The SMILES string of the molecule is Cc1ncc(-c2ccc(-n3c(NC(C)C)nc4c(c3=O)C[C@@H](C)N(C(=O)c3ccc(Cl)c(Cl)c3)C4)cc2)[nH]1. The van der Waals surface area contributed by atoms with E-state index in [1.165, 1.54) is 0 Å². The van der Waals surface area contributed by atoms with Crippen LogP contribution in [0.2, 0.25) is 10.0 Å². The van der Waals surface area contributed by atoms with E-state index in [-0.39, 0.29) is 30.1 Å². The number of H-pyrrole nitrogens is 1. The van der Waals surface area contributed by atoms with Crippen molar-refractivity contribution in [1.29, 1.82) is 0 Å². The Morgan fingerprint density at radius 1 is 1.13 bits per heavy atom. The zero-order valence-electron chi connectivity index (χ0n) is 21.5. The molecule has 1 aliphatic rings. The number of amides is 1. The molecule has 0 radical (unpaired) electrons. The summed E-state index contributed by atoms with van der Waals surface area (Å²) in [6.45, 7) is 8.03. The van der Waals surface area contributed by atoms with Crippen LogP contribution in [0.4, 0.5) is 5.95 Å². The Labute approximate surface area is 230 Å². The van der Waals surface area contributed by atoms with E-state index >= 15 is 0 Å². The summed E-state index contributed by atoms with van der Waals surface area (Å²) >= 11 is 12.2. The lowest BCUT2D eigenvalue weighted by molar-refractivity contribution is 0.0653. The minimum atomic E-state index is -0.206. The number of rotatable bonds is 5. The molecule has 10 heteroatoms. The zero-order chi connectivity index (χ0) is 27.1. The Bertz CT molecular complexity index is 1580. The molecule has 0 unspecified atom stereocenters. The minimum absolute atomic E-state index is 0.0369. The second kappa shape index (κ2) is 10.3. The van der Waals surface area contributed by atoms with Gasteiger partial charge in [-0.3, -0.25) is 9.59 Å². The maximum absolute atomic E-state index is 13.9. The number of aromatic nitrogens is 4. The van der Waals surface area contributed by atoms with Gasteiger partial charge in [0.05, 0.1) is 39.9 Å². The molecule has 1 aliphatic heterocycles. The highest BCUT2D eigenvalue weighted by Gasteiger charge is 2.32. The van der Waals surface area contributed by atoms with Crippen LogP contribution in [0.5, 0.6) is 0 Å². The van der Waals surface area contributed by atoms with Crippen LogP contribution < -0.4 is 10.9 Å². The number of nitrogens with zero attached hydrogens (tertiary/aromatic N) is 4. The van der Waals surface area contributed by atoms with Gasteiger partial charge in [-0.05, 0) is 70.0 Å². The molecule has 5 rings (SSSR count). The maximum Gasteiger partial charge on any atom is 0.263 e. The fourth-order valence-corrected chi connectivity index (χ4v) is 4.98. The van der Waals surface area contributed by atoms with E-state index < -0.39 is 0 Å². The molecule has 196 valence electrons. The Balaban J connectivity index is 1.53. The van der Waals surface area contributed by atoms with E-state index in [1.807, 2.05) is 52.0 Å². The van der Waals surface area contributed by atoms with Crippen LogP contribution in [-0.4, -0.2) is 42.4 Å². The molecule has 1 amide bonds. The first-order valence-corrected chi connectivity index (χ1v) is 13.2. The number of anilines is 1. The van der Waals surface area contributed by atoms with Gasteiger partial charge in [0.2, 0.25) is 5.95 Å². The van der Waals surface area contributed by atoms with E-state index in [1.54, 1.807) is 33.9 Å². The molecule has 4 aromatic rings. The molecule has 0 saturated carbocycles. The van der Waals surface area contributed by atoms with Crippen molar-refractivity contribution in [1.82, 2.24) is 24.4 Å². The van der Waals surface area contributed by atoms with Crippen molar-refractivity contribution in [2.45, 2.75) is 52.7 Å². The summed E-state index contributed by atoms with van der Waals surface area (Å²) in [7, 11) is 0. The third kappa shape index (κ3) is 4.93. The Morgan fingerprint density at radius 2 is 1.87 bits per heavy atom. The molecule has 0 bridgehead atoms. The molecule has 8 nitrogen and oxygen atoms in total. The molecule has 2 aromatic heterocycles. The highest BCUT2D eigenvalue weighted by Crippen LogP contribution is 2.28. The molecule has 2 aromatic carbocycles. The molecule has 38 heavy (non-hydrogen) atoms.